The molecule has 8 rings (SSSR count). The van der Waals surface area contributed by atoms with Gasteiger partial charge in [-0.1, -0.05) is 38.1 Å². The zero-order chi connectivity index (χ0) is 39.2. The average Bonchev–Trinajstić information content (AvgIpc) is 3.87. The van der Waals surface area contributed by atoms with Crippen LogP contribution in [0, 0.1) is 15.5 Å². The molecule has 1 amide bonds. The molecule has 0 radical (unpaired) electrons. The minimum absolute atomic E-state index is 0.0143. The van der Waals surface area contributed by atoms with Crippen LogP contribution in [0.25, 0.3) is 11.0 Å². The Morgan fingerprint density at radius 1 is 1.07 bits per heavy atom. The Balaban J connectivity index is 0.894. The number of benzene rings is 3. The SMILES string of the molecule is CC(C)c1ccccc1C1CCCN1C1CC2(CCN(c3ccc(C(=O)NS(=O)(=O)c4cc([N+](=O)[O-])c(NCC5(F)CCOCC5)c5[nH]cnc45)cc3)CC2)C1. The number of hydrogen-bond donors (Lipinski definition) is 3. The van der Waals surface area contributed by atoms with Crippen molar-refractivity contribution in [3.8, 4) is 0 Å². The van der Waals surface area contributed by atoms with Gasteiger partial charge in [0.1, 0.15) is 21.8 Å². The van der Waals surface area contributed by atoms with Gasteiger partial charge in [-0.05, 0) is 91.8 Å². The quantitative estimate of drug-likeness (QED) is 0.104. The molecule has 4 fully saturated rings. The van der Waals surface area contributed by atoms with Gasteiger partial charge in [-0.15, -0.1) is 0 Å². The first-order chi connectivity index (χ1) is 26.9. The summed E-state index contributed by atoms with van der Waals surface area (Å²) in [4.78, 5) is 36.1. The van der Waals surface area contributed by atoms with E-state index in [-0.39, 0.29) is 54.9 Å². The number of hydrogen-bond acceptors (Lipinski definition) is 10. The zero-order valence-corrected chi connectivity index (χ0v) is 32.7. The number of fused-ring (bicyclic) bond motifs is 1. The fraction of sp³-hybridized carbons (Fsp3) is 0.512. The fourth-order valence-corrected chi connectivity index (χ4v) is 10.7. The summed E-state index contributed by atoms with van der Waals surface area (Å²) < 4.78 is 49.8. The molecule has 1 saturated carbocycles. The third-order valence-electron chi connectivity index (χ3n) is 12.7. The normalized spacial score (nSPS) is 21.4. The van der Waals surface area contributed by atoms with Crippen molar-refractivity contribution in [1.29, 1.82) is 0 Å². The molecule has 4 aromatic rings. The summed E-state index contributed by atoms with van der Waals surface area (Å²) in [7, 11) is -4.62. The van der Waals surface area contributed by atoms with E-state index < -0.39 is 37.1 Å². The molecule has 1 aromatic heterocycles. The van der Waals surface area contributed by atoms with Gasteiger partial charge in [0.15, 0.2) is 0 Å². The molecule has 13 nitrogen and oxygen atoms in total. The maximum absolute atomic E-state index is 15.3. The van der Waals surface area contributed by atoms with Crippen molar-refractivity contribution in [3.63, 3.8) is 0 Å². The van der Waals surface area contributed by atoms with Gasteiger partial charge >= 0.3 is 0 Å². The van der Waals surface area contributed by atoms with Crippen molar-refractivity contribution in [2.24, 2.45) is 5.41 Å². The lowest BCUT2D eigenvalue weighted by molar-refractivity contribution is -0.384. The van der Waals surface area contributed by atoms with Crippen molar-refractivity contribution >= 4 is 44.0 Å². The van der Waals surface area contributed by atoms with Gasteiger partial charge in [-0.3, -0.25) is 19.8 Å². The van der Waals surface area contributed by atoms with Crippen LogP contribution >= 0.6 is 0 Å². The molecule has 3 saturated heterocycles. The molecule has 56 heavy (non-hydrogen) atoms. The zero-order valence-electron chi connectivity index (χ0n) is 31.9. The summed E-state index contributed by atoms with van der Waals surface area (Å²) in [5.41, 5.74) is 2.00. The van der Waals surface area contributed by atoms with Crippen LogP contribution in [0.4, 0.5) is 21.5 Å². The van der Waals surface area contributed by atoms with Crippen molar-refractivity contribution in [1.82, 2.24) is 19.6 Å². The first-order valence-corrected chi connectivity index (χ1v) is 21.3. The second kappa shape index (κ2) is 15.1. The second-order valence-electron chi connectivity index (χ2n) is 16.5. The highest BCUT2D eigenvalue weighted by atomic mass is 32.2. The van der Waals surface area contributed by atoms with E-state index in [0.717, 1.165) is 37.7 Å². The third kappa shape index (κ3) is 7.36. The maximum atomic E-state index is 15.3. The van der Waals surface area contributed by atoms with Gasteiger partial charge < -0.3 is 19.9 Å². The van der Waals surface area contributed by atoms with Gasteiger partial charge in [0.05, 0.1) is 16.8 Å². The largest absolute Gasteiger partial charge is 0.381 e. The highest BCUT2D eigenvalue weighted by Gasteiger charge is 2.50. The summed E-state index contributed by atoms with van der Waals surface area (Å²) in [6, 6.07) is 17.8. The van der Waals surface area contributed by atoms with E-state index >= 15 is 4.39 Å². The predicted molar refractivity (Wildman–Crippen MR) is 212 cm³/mol. The van der Waals surface area contributed by atoms with E-state index in [0.29, 0.717) is 23.4 Å². The van der Waals surface area contributed by atoms with Crippen LogP contribution in [0.2, 0.25) is 0 Å². The molecule has 4 heterocycles. The summed E-state index contributed by atoms with van der Waals surface area (Å²) >= 11 is 0. The first-order valence-electron chi connectivity index (χ1n) is 19.8. The Morgan fingerprint density at radius 3 is 2.48 bits per heavy atom. The molecule has 1 aliphatic carbocycles. The standard InChI is InChI=1S/C41H50FN7O6S/c1-27(2)31-6-3-4-7-32(31)33-8-5-17-48(33)30-23-40(24-30)13-18-47(19-14-40)29-11-9-28(10-12-29)39(50)46-56(53,54)35-22-34(49(51)52)36(38-37(35)44-26-45-38)43-25-41(42)15-20-55-21-16-41/h3-4,6-7,9-12,22,26-27,30,33,43H,5,8,13-21,23-25H2,1-2H3,(H,44,45)(H,46,50). The monoisotopic (exact) mass is 787 g/mol. The number of sulfonamides is 1. The molecule has 1 unspecified atom stereocenters. The van der Waals surface area contributed by atoms with Crippen molar-refractivity contribution in [2.75, 3.05) is 49.6 Å². The fourth-order valence-electron chi connectivity index (χ4n) is 9.53. The average molecular weight is 788 g/mol. The Labute approximate surface area is 326 Å². The van der Waals surface area contributed by atoms with E-state index in [1.54, 1.807) is 12.1 Å². The minimum Gasteiger partial charge on any atom is -0.381 e. The minimum atomic E-state index is -4.62. The number of nitro groups is 1. The molecule has 3 N–H and O–H groups in total. The van der Waals surface area contributed by atoms with Crippen LogP contribution in [0.5, 0.6) is 0 Å². The summed E-state index contributed by atoms with van der Waals surface area (Å²) in [6.45, 7) is 7.78. The van der Waals surface area contributed by atoms with Crippen LogP contribution in [0.3, 0.4) is 0 Å². The van der Waals surface area contributed by atoms with Gasteiger partial charge in [0.25, 0.3) is 21.6 Å². The van der Waals surface area contributed by atoms with Crippen LogP contribution in [-0.2, 0) is 14.8 Å². The number of carbonyl (C=O) groups excluding carboxylic acids is 1. The van der Waals surface area contributed by atoms with Gasteiger partial charge in [0, 0.05) is 75.1 Å². The van der Waals surface area contributed by atoms with Gasteiger partial charge in [-0.25, -0.2) is 22.5 Å². The van der Waals surface area contributed by atoms with Crippen LogP contribution in [0.1, 0.15) is 98.7 Å². The lowest BCUT2D eigenvalue weighted by atomic mass is 9.59. The highest BCUT2D eigenvalue weighted by Crippen LogP contribution is 2.54. The lowest BCUT2D eigenvalue weighted by Gasteiger charge is -2.56. The molecule has 1 atom stereocenters. The molecule has 4 aliphatic rings. The van der Waals surface area contributed by atoms with E-state index in [1.807, 2.05) is 12.1 Å². The maximum Gasteiger partial charge on any atom is 0.296 e. The van der Waals surface area contributed by atoms with Crippen LogP contribution in [-0.4, -0.2) is 85.2 Å². The number of rotatable bonds is 11. The summed E-state index contributed by atoms with van der Waals surface area (Å²) in [5, 5.41) is 15.0. The number of likely N-dealkylation sites (tertiary alicyclic amines) is 1. The van der Waals surface area contributed by atoms with E-state index in [9.17, 15) is 23.3 Å². The number of carbonyl (C=O) groups is 1. The number of aromatic amines is 1. The van der Waals surface area contributed by atoms with Gasteiger partial charge in [0.2, 0.25) is 0 Å². The molecular weight excluding hydrogens is 738 g/mol. The molecule has 298 valence electrons. The summed E-state index contributed by atoms with van der Waals surface area (Å²) in [6.07, 6.45) is 8.58. The Bertz CT molecular complexity index is 2210. The number of imidazole rings is 1. The third-order valence-corrected chi connectivity index (χ3v) is 14.1. The van der Waals surface area contributed by atoms with Crippen LogP contribution in [0.15, 0.2) is 65.8 Å². The van der Waals surface area contributed by atoms with E-state index in [1.165, 1.54) is 49.7 Å². The number of aromatic nitrogens is 2. The molecule has 3 aromatic carbocycles. The first kappa shape index (κ1) is 38.3. The number of halogens is 1. The smallest absolute Gasteiger partial charge is 0.296 e. The van der Waals surface area contributed by atoms with Crippen molar-refractivity contribution in [3.05, 3.63) is 87.7 Å². The molecule has 15 heteroatoms. The number of amides is 1. The second-order valence-corrected chi connectivity index (χ2v) is 18.1. The number of nitro benzene ring substituents is 1. The van der Waals surface area contributed by atoms with E-state index in [4.69, 9.17) is 4.74 Å². The highest BCUT2D eigenvalue weighted by molar-refractivity contribution is 7.90. The summed E-state index contributed by atoms with van der Waals surface area (Å²) in [5.74, 6) is -0.368. The molecule has 3 aliphatic heterocycles. The van der Waals surface area contributed by atoms with Crippen molar-refractivity contribution in [2.45, 2.75) is 93.8 Å². The number of piperidine rings is 1. The van der Waals surface area contributed by atoms with Crippen LogP contribution < -0.4 is 14.9 Å². The predicted octanol–water partition coefficient (Wildman–Crippen LogP) is 7.23. The number of anilines is 2. The Hall–Kier alpha value is -4.60. The van der Waals surface area contributed by atoms with Gasteiger partial charge in [-0.2, -0.15) is 0 Å². The molecule has 0 bridgehead atoms. The van der Waals surface area contributed by atoms with E-state index in [2.05, 4.69) is 67.9 Å². The number of alkyl halides is 1. The molecular formula is C41H50FN7O6S. The lowest BCUT2D eigenvalue weighted by Crippen LogP contribution is -2.54. The number of ether oxygens (including phenoxy) is 1. The number of nitrogens with one attached hydrogen (secondary N) is 3. The van der Waals surface area contributed by atoms with Crippen molar-refractivity contribution < 1.29 is 27.3 Å². The molecule has 1 spiro atoms. The number of H-pyrrole nitrogens is 1. The Kier molecular flexibility index (Phi) is 10.3. The Morgan fingerprint density at radius 2 is 1.79 bits per heavy atom. The number of nitrogens with zero attached hydrogens (tertiary/aromatic N) is 4. The topological polar surface area (TPSA) is 163 Å².